The third kappa shape index (κ3) is 3.25. The topological polar surface area (TPSA) is 57.5 Å². The molecule has 3 nitrogen and oxygen atoms in total. The Morgan fingerprint density at radius 2 is 2.05 bits per heavy atom. The van der Waals surface area contributed by atoms with Crippen LogP contribution in [0.3, 0.4) is 0 Å². The van der Waals surface area contributed by atoms with Crippen molar-refractivity contribution in [3.8, 4) is 5.75 Å². The highest BCUT2D eigenvalue weighted by molar-refractivity contribution is 5.89. The van der Waals surface area contributed by atoms with Crippen LogP contribution < -0.4 is 0 Å². The molecule has 0 heterocycles. The van der Waals surface area contributed by atoms with E-state index in [4.69, 9.17) is 5.11 Å². The molecule has 0 aliphatic heterocycles. The zero-order valence-electron chi connectivity index (χ0n) is 11.7. The summed E-state index contributed by atoms with van der Waals surface area (Å²) < 4.78 is 13.9. The SMILES string of the molecule is CCCC[C@@H](C)c1cc(C(=O)O)c(F)c(CC)c1O. The molecule has 0 saturated heterocycles. The lowest BCUT2D eigenvalue weighted by atomic mass is 9.90. The fourth-order valence-electron chi connectivity index (χ4n) is 2.25. The Morgan fingerprint density at radius 1 is 1.42 bits per heavy atom. The molecule has 19 heavy (non-hydrogen) atoms. The monoisotopic (exact) mass is 268 g/mol. The average molecular weight is 268 g/mol. The van der Waals surface area contributed by atoms with Crippen molar-refractivity contribution in [3.63, 3.8) is 0 Å². The summed E-state index contributed by atoms with van der Waals surface area (Å²) in [5.74, 6) is -2.19. The molecule has 1 aromatic carbocycles. The van der Waals surface area contributed by atoms with Crippen molar-refractivity contribution in [2.75, 3.05) is 0 Å². The number of carbonyl (C=O) groups is 1. The molecule has 0 spiro atoms. The smallest absolute Gasteiger partial charge is 0.338 e. The number of benzene rings is 1. The van der Waals surface area contributed by atoms with Gasteiger partial charge in [0.05, 0.1) is 5.56 Å². The molecule has 0 bridgehead atoms. The van der Waals surface area contributed by atoms with Crippen molar-refractivity contribution in [3.05, 3.63) is 28.6 Å². The zero-order chi connectivity index (χ0) is 14.6. The van der Waals surface area contributed by atoms with Gasteiger partial charge < -0.3 is 10.2 Å². The molecule has 2 N–H and O–H groups in total. The number of hydrogen-bond acceptors (Lipinski definition) is 2. The maximum atomic E-state index is 13.9. The van der Waals surface area contributed by atoms with Crippen molar-refractivity contribution in [1.82, 2.24) is 0 Å². The number of rotatable bonds is 6. The minimum absolute atomic E-state index is 0.0175. The fraction of sp³-hybridized carbons (Fsp3) is 0.533. The van der Waals surface area contributed by atoms with Crippen LogP contribution in [0.2, 0.25) is 0 Å². The highest BCUT2D eigenvalue weighted by atomic mass is 19.1. The molecule has 1 aromatic rings. The maximum absolute atomic E-state index is 13.9. The number of halogens is 1. The normalized spacial score (nSPS) is 12.4. The quantitative estimate of drug-likeness (QED) is 0.817. The van der Waals surface area contributed by atoms with Crippen molar-refractivity contribution >= 4 is 5.97 Å². The standard InChI is InChI=1S/C15H21FO3/c1-4-6-7-9(3)11-8-12(15(18)19)13(16)10(5-2)14(11)17/h8-9,17H,4-7H2,1-3H3,(H,18,19)/t9-/m1/s1. The van der Waals surface area contributed by atoms with E-state index in [-0.39, 0.29) is 29.2 Å². The number of unbranched alkanes of at least 4 members (excludes halogenated alkanes) is 1. The van der Waals surface area contributed by atoms with Crippen LogP contribution in [0.4, 0.5) is 4.39 Å². The van der Waals surface area contributed by atoms with Crippen LogP contribution in [0.25, 0.3) is 0 Å². The van der Waals surface area contributed by atoms with Gasteiger partial charge in [0.2, 0.25) is 0 Å². The molecule has 0 amide bonds. The number of hydrogen-bond donors (Lipinski definition) is 2. The van der Waals surface area contributed by atoms with E-state index < -0.39 is 11.8 Å². The van der Waals surface area contributed by atoms with Gasteiger partial charge in [-0.2, -0.15) is 0 Å². The number of carboxylic acids is 1. The first-order valence-corrected chi connectivity index (χ1v) is 6.71. The van der Waals surface area contributed by atoms with Gasteiger partial charge in [-0.1, -0.05) is 33.6 Å². The van der Waals surface area contributed by atoms with Crippen LogP contribution in [-0.4, -0.2) is 16.2 Å². The second-order valence-corrected chi connectivity index (χ2v) is 4.86. The van der Waals surface area contributed by atoms with Gasteiger partial charge in [0.15, 0.2) is 0 Å². The van der Waals surface area contributed by atoms with Gasteiger partial charge >= 0.3 is 5.97 Å². The van der Waals surface area contributed by atoms with E-state index in [2.05, 4.69) is 6.92 Å². The number of aromatic hydroxyl groups is 1. The molecule has 0 radical (unpaired) electrons. The Hall–Kier alpha value is -1.58. The molecule has 0 aliphatic carbocycles. The third-order valence-electron chi connectivity index (χ3n) is 3.47. The number of aromatic carboxylic acids is 1. The lowest BCUT2D eigenvalue weighted by Crippen LogP contribution is -2.08. The molecule has 4 heteroatoms. The molecule has 0 aliphatic rings. The summed E-state index contributed by atoms with van der Waals surface area (Å²) in [5, 5.41) is 19.1. The summed E-state index contributed by atoms with van der Waals surface area (Å²) in [7, 11) is 0. The average Bonchev–Trinajstić information content (AvgIpc) is 2.36. The summed E-state index contributed by atoms with van der Waals surface area (Å²) in [6, 6.07) is 1.27. The largest absolute Gasteiger partial charge is 0.507 e. The summed E-state index contributed by atoms with van der Waals surface area (Å²) in [6.45, 7) is 5.69. The lowest BCUT2D eigenvalue weighted by molar-refractivity contribution is 0.0691. The van der Waals surface area contributed by atoms with Gasteiger partial charge in [-0.3, -0.25) is 0 Å². The summed E-state index contributed by atoms with van der Waals surface area (Å²) in [6.07, 6.45) is 3.13. The third-order valence-corrected chi connectivity index (χ3v) is 3.47. The van der Waals surface area contributed by atoms with Crippen molar-refractivity contribution in [2.24, 2.45) is 0 Å². The summed E-state index contributed by atoms with van der Waals surface area (Å²) in [5.41, 5.74) is 0.273. The number of carboxylic acid groups (broad SMARTS) is 1. The van der Waals surface area contributed by atoms with Crippen LogP contribution in [0.5, 0.6) is 5.75 Å². The predicted octanol–water partition coefficient (Wildman–Crippen LogP) is 4.09. The first-order chi connectivity index (χ1) is 8.93. The number of phenolic OH excluding ortho intramolecular Hbond substituents is 1. The van der Waals surface area contributed by atoms with Gasteiger partial charge in [0, 0.05) is 5.56 Å². The van der Waals surface area contributed by atoms with E-state index in [0.29, 0.717) is 5.56 Å². The number of phenols is 1. The van der Waals surface area contributed by atoms with Crippen LogP contribution >= 0.6 is 0 Å². The Labute approximate surface area is 113 Å². The molecule has 0 unspecified atom stereocenters. The van der Waals surface area contributed by atoms with Crippen LogP contribution in [0.1, 0.15) is 67.4 Å². The van der Waals surface area contributed by atoms with Crippen molar-refractivity contribution in [1.29, 1.82) is 0 Å². The van der Waals surface area contributed by atoms with Gasteiger partial charge in [-0.15, -0.1) is 0 Å². The minimum atomic E-state index is -1.30. The van der Waals surface area contributed by atoms with Crippen molar-refractivity contribution in [2.45, 2.75) is 52.4 Å². The van der Waals surface area contributed by atoms with E-state index in [1.54, 1.807) is 6.92 Å². The van der Waals surface area contributed by atoms with E-state index in [0.717, 1.165) is 19.3 Å². The Balaban J connectivity index is 3.31. The predicted molar refractivity (Wildman–Crippen MR) is 72.3 cm³/mol. The van der Waals surface area contributed by atoms with Crippen molar-refractivity contribution < 1.29 is 19.4 Å². The van der Waals surface area contributed by atoms with Gasteiger partial charge in [0.25, 0.3) is 0 Å². The molecular weight excluding hydrogens is 247 g/mol. The lowest BCUT2D eigenvalue weighted by Gasteiger charge is -2.17. The van der Waals surface area contributed by atoms with E-state index in [1.807, 2.05) is 6.92 Å². The second-order valence-electron chi connectivity index (χ2n) is 4.86. The van der Waals surface area contributed by atoms with E-state index in [9.17, 15) is 14.3 Å². The zero-order valence-corrected chi connectivity index (χ0v) is 11.7. The molecule has 106 valence electrons. The van der Waals surface area contributed by atoms with E-state index in [1.165, 1.54) is 6.07 Å². The molecule has 1 rings (SSSR count). The second kappa shape index (κ2) is 6.55. The molecular formula is C15H21FO3. The van der Waals surface area contributed by atoms with Gasteiger partial charge in [0.1, 0.15) is 11.6 Å². The molecule has 1 atom stereocenters. The van der Waals surface area contributed by atoms with Crippen LogP contribution in [0, 0.1) is 5.82 Å². The Kier molecular flexibility index (Phi) is 5.33. The fourth-order valence-corrected chi connectivity index (χ4v) is 2.25. The molecule has 0 saturated carbocycles. The van der Waals surface area contributed by atoms with Crippen LogP contribution in [-0.2, 0) is 6.42 Å². The Morgan fingerprint density at radius 3 is 2.53 bits per heavy atom. The minimum Gasteiger partial charge on any atom is -0.507 e. The summed E-state index contributed by atoms with van der Waals surface area (Å²) in [4.78, 5) is 11.1. The van der Waals surface area contributed by atoms with Gasteiger partial charge in [-0.05, 0) is 30.4 Å². The van der Waals surface area contributed by atoms with E-state index >= 15 is 0 Å². The highest BCUT2D eigenvalue weighted by Crippen LogP contribution is 2.35. The first kappa shape index (κ1) is 15.5. The highest BCUT2D eigenvalue weighted by Gasteiger charge is 2.22. The maximum Gasteiger partial charge on any atom is 0.338 e. The summed E-state index contributed by atoms with van der Waals surface area (Å²) >= 11 is 0. The molecule has 0 fully saturated rings. The van der Waals surface area contributed by atoms with Gasteiger partial charge in [-0.25, -0.2) is 9.18 Å². The van der Waals surface area contributed by atoms with Crippen LogP contribution in [0.15, 0.2) is 6.07 Å². The Bertz CT molecular complexity index is 469. The first-order valence-electron chi connectivity index (χ1n) is 6.71. The molecule has 0 aromatic heterocycles.